The Labute approximate surface area is 138 Å². The number of aromatic nitrogens is 3. The molecular weight excluding hydrogens is 312 g/mol. The van der Waals surface area contributed by atoms with E-state index < -0.39 is 0 Å². The lowest BCUT2D eigenvalue weighted by molar-refractivity contribution is -0.155. The molecule has 0 spiro atoms. The second-order valence-corrected chi connectivity index (χ2v) is 7.67. The zero-order valence-electron chi connectivity index (χ0n) is 12.5. The van der Waals surface area contributed by atoms with Crippen molar-refractivity contribution in [1.29, 1.82) is 5.26 Å². The van der Waals surface area contributed by atoms with Gasteiger partial charge in [-0.25, -0.2) is 9.48 Å². The summed E-state index contributed by atoms with van der Waals surface area (Å²) in [6, 6.07) is 10.1. The molecule has 1 atom stereocenters. The van der Waals surface area contributed by atoms with Crippen LogP contribution in [0.5, 0.6) is 0 Å². The summed E-state index contributed by atoms with van der Waals surface area (Å²) in [6.07, 6.45) is 4.04. The van der Waals surface area contributed by atoms with E-state index in [1.54, 1.807) is 4.68 Å². The molecule has 0 N–H and O–H groups in total. The van der Waals surface area contributed by atoms with Crippen molar-refractivity contribution in [3.63, 3.8) is 0 Å². The number of aryl methyl sites for hydroxylation is 1. The van der Waals surface area contributed by atoms with Crippen LogP contribution < -0.4 is 5.69 Å². The Balaban J connectivity index is 1.54. The summed E-state index contributed by atoms with van der Waals surface area (Å²) in [5.74, 6) is 0.866. The quantitative estimate of drug-likeness (QED) is 0.852. The Kier molecular flexibility index (Phi) is 2.37. The highest BCUT2D eigenvalue weighted by atomic mass is 35.5. The van der Waals surface area contributed by atoms with E-state index in [4.69, 9.17) is 11.6 Å². The Morgan fingerprint density at radius 1 is 1.26 bits per heavy atom. The van der Waals surface area contributed by atoms with Crippen LogP contribution in [0.25, 0.3) is 0 Å². The van der Waals surface area contributed by atoms with Gasteiger partial charge in [-0.15, -0.1) is 0 Å². The topological polar surface area (TPSA) is 63.6 Å². The molecule has 0 radical (unpaired) electrons. The van der Waals surface area contributed by atoms with Gasteiger partial charge in [0, 0.05) is 11.4 Å². The van der Waals surface area contributed by atoms with E-state index in [9.17, 15) is 10.1 Å². The first-order valence-corrected chi connectivity index (χ1v) is 8.31. The molecule has 6 rings (SSSR count). The summed E-state index contributed by atoms with van der Waals surface area (Å²) in [5.41, 5.74) is 0.710. The van der Waals surface area contributed by atoms with Crippen LogP contribution in [0.2, 0.25) is 5.02 Å². The number of benzene rings is 1. The van der Waals surface area contributed by atoms with Crippen LogP contribution in [0, 0.1) is 16.7 Å². The van der Waals surface area contributed by atoms with Gasteiger partial charge >= 0.3 is 5.69 Å². The second-order valence-electron chi connectivity index (χ2n) is 7.23. The van der Waals surface area contributed by atoms with Crippen molar-refractivity contribution < 1.29 is 0 Å². The van der Waals surface area contributed by atoms with Crippen LogP contribution >= 0.6 is 11.6 Å². The van der Waals surface area contributed by atoms with E-state index in [1.807, 2.05) is 28.8 Å². The van der Waals surface area contributed by atoms with Gasteiger partial charge in [-0.2, -0.15) is 10.4 Å². The van der Waals surface area contributed by atoms with Crippen LogP contribution in [0.3, 0.4) is 0 Å². The average molecular weight is 327 g/mol. The zero-order valence-corrected chi connectivity index (χ0v) is 13.3. The summed E-state index contributed by atoms with van der Waals surface area (Å²) in [7, 11) is 0. The average Bonchev–Trinajstić information content (AvgIpc) is 3.00. The molecule has 2 aromatic rings. The minimum absolute atomic E-state index is 0.0244. The Morgan fingerprint density at radius 2 is 1.96 bits per heavy atom. The van der Waals surface area contributed by atoms with E-state index in [2.05, 4.69) is 11.2 Å². The molecule has 1 aromatic carbocycles. The van der Waals surface area contributed by atoms with Gasteiger partial charge in [-0.3, -0.25) is 4.57 Å². The van der Waals surface area contributed by atoms with Gasteiger partial charge < -0.3 is 0 Å². The highest BCUT2D eigenvalue weighted by Crippen LogP contribution is 2.70. The van der Waals surface area contributed by atoms with Gasteiger partial charge in [-0.1, -0.05) is 23.7 Å². The molecule has 5 nitrogen and oxygen atoms in total. The smallest absolute Gasteiger partial charge is 0.271 e. The normalized spacial score (nSPS) is 33.5. The highest BCUT2D eigenvalue weighted by Gasteiger charge is 2.71. The van der Waals surface area contributed by atoms with E-state index in [1.165, 1.54) is 0 Å². The summed E-state index contributed by atoms with van der Waals surface area (Å²) in [6.45, 7) is 0. The molecule has 23 heavy (non-hydrogen) atoms. The summed E-state index contributed by atoms with van der Waals surface area (Å²) >= 11 is 5.96. The lowest BCUT2D eigenvalue weighted by Gasteiger charge is -2.65. The number of nitrogens with zero attached hydrogens (tertiary/aromatic N) is 4. The predicted molar refractivity (Wildman–Crippen MR) is 84.3 cm³/mol. The minimum atomic E-state index is -0.186. The molecular formula is C17H15ClN4O. The molecule has 3 aliphatic carbocycles. The van der Waals surface area contributed by atoms with Crippen molar-refractivity contribution >= 4 is 11.6 Å². The van der Waals surface area contributed by atoms with E-state index in [-0.39, 0.29) is 22.7 Å². The van der Waals surface area contributed by atoms with Gasteiger partial charge in [0.25, 0.3) is 0 Å². The highest BCUT2D eigenvalue weighted by molar-refractivity contribution is 6.30. The summed E-state index contributed by atoms with van der Waals surface area (Å²) in [4.78, 5) is 12.9. The molecule has 4 aliphatic rings. The van der Waals surface area contributed by atoms with Crippen molar-refractivity contribution in [1.82, 2.24) is 14.3 Å². The van der Waals surface area contributed by atoms with Crippen LogP contribution in [-0.2, 0) is 12.0 Å². The molecule has 0 saturated heterocycles. The number of hydrogen-bond donors (Lipinski definition) is 0. The first-order chi connectivity index (χ1) is 11.1. The maximum absolute atomic E-state index is 12.9. The van der Waals surface area contributed by atoms with E-state index in [0.29, 0.717) is 5.02 Å². The number of halogens is 1. The van der Waals surface area contributed by atoms with Gasteiger partial charge in [0.2, 0.25) is 0 Å². The van der Waals surface area contributed by atoms with Crippen molar-refractivity contribution in [2.75, 3.05) is 0 Å². The zero-order chi connectivity index (χ0) is 15.8. The Hall–Kier alpha value is -2.06. The molecule has 2 heterocycles. The first kappa shape index (κ1) is 13.4. The monoisotopic (exact) mass is 326 g/mol. The molecule has 0 unspecified atom stereocenters. The molecule has 1 aliphatic heterocycles. The molecule has 0 amide bonds. The molecule has 1 aromatic heterocycles. The van der Waals surface area contributed by atoms with Crippen LogP contribution in [0.1, 0.15) is 43.1 Å². The van der Waals surface area contributed by atoms with Gasteiger partial charge in [-0.05, 0) is 43.4 Å². The molecule has 2 bridgehead atoms. The summed E-state index contributed by atoms with van der Waals surface area (Å²) < 4.78 is 3.51. The standard InChI is InChI=1S/C17H15ClN4O/c18-12-3-1-11(2-4-12)13-5-6-14-20-22(15(23)21(13)14)17-7-16(8-17,9-17)10-19/h1-4,13H,5-9H2/t13-,16?,17?/m0/s1. The van der Waals surface area contributed by atoms with Gasteiger partial charge in [0.05, 0.1) is 23.1 Å². The van der Waals surface area contributed by atoms with E-state index >= 15 is 0 Å². The van der Waals surface area contributed by atoms with Crippen molar-refractivity contribution in [2.45, 2.75) is 43.7 Å². The fraction of sp³-hybridized carbons (Fsp3) is 0.471. The minimum Gasteiger partial charge on any atom is -0.271 e. The van der Waals surface area contributed by atoms with Gasteiger partial charge in [0.15, 0.2) is 0 Å². The first-order valence-electron chi connectivity index (χ1n) is 7.94. The van der Waals surface area contributed by atoms with Crippen molar-refractivity contribution in [3.8, 4) is 6.07 Å². The number of fused-ring (bicyclic) bond motifs is 1. The Morgan fingerprint density at radius 3 is 2.61 bits per heavy atom. The fourth-order valence-corrected chi connectivity index (χ4v) is 4.81. The van der Waals surface area contributed by atoms with E-state index in [0.717, 1.165) is 43.5 Å². The molecule has 3 saturated carbocycles. The third kappa shape index (κ3) is 1.57. The van der Waals surface area contributed by atoms with Crippen LogP contribution in [-0.4, -0.2) is 14.3 Å². The summed E-state index contributed by atoms with van der Waals surface area (Å²) in [5, 5.41) is 14.5. The predicted octanol–water partition coefficient (Wildman–Crippen LogP) is 2.64. The lowest BCUT2D eigenvalue weighted by atomic mass is 9.40. The van der Waals surface area contributed by atoms with Gasteiger partial charge in [0.1, 0.15) is 5.82 Å². The van der Waals surface area contributed by atoms with Crippen molar-refractivity contribution in [3.05, 3.63) is 51.2 Å². The largest absolute Gasteiger partial charge is 0.347 e. The maximum atomic E-state index is 12.9. The van der Waals surface area contributed by atoms with Crippen LogP contribution in [0.15, 0.2) is 29.1 Å². The Bertz CT molecular complexity index is 898. The second kappa shape index (κ2) is 4.07. The molecule has 116 valence electrons. The maximum Gasteiger partial charge on any atom is 0.347 e. The molecule has 3 fully saturated rings. The van der Waals surface area contributed by atoms with Crippen molar-refractivity contribution in [2.24, 2.45) is 5.41 Å². The third-order valence-corrected chi connectivity index (χ3v) is 6.03. The lowest BCUT2D eigenvalue weighted by Crippen LogP contribution is -2.69. The molecule has 6 heteroatoms. The fourth-order valence-electron chi connectivity index (χ4n) is 4.68. The number of hydrogen-bond acceptors (Lipinski definition) is 3. The number of nitriles is 1. The van der Waals surface area contributed by atoms with Crippen LogP contribution in [0.4, 0.5) is 0 Å². The SMILES string of the molecule is N#CC12CC(n3nc4n(c3=O)[C@H](c3ccc(Cl)cc3)CC4)(C1)C2. The number of rotatable bonds is 2. The third-order valence-electron chi connectivity index (χ3n) is 5.78.